The molecular formula is C18H22ClN3O2. The number of phenolic OH excluding ortho intramolecular Hbond substituents is 1. The number of phenols is 1. The Labute approximate surface area is 146 Å². The molecule has 6 heteroatoms. The topological polar surface area (TPSA) is 67.2 Å². The normalized spacial score (nSPS) is 11.2. The molecule has 0 fully saturated rings. The predicted octanol–water partition coefficient (Wildman–Crippen LogP) is 4.31. The predicted molar refractivity (Wildman–Crippen MR) is 97.4 cm³/mol. The summed E-state index contributed by atoms with van der Waals surface area (Å²) in [4.78, 5) is 12.0. The number of benzene rings is 1. The highest BCUT2D eigenvalue weighted by atomic mass is 35.5. The SMILES string of the molecule is CCCCn1nc(C)c(/C=C/C(=O)Nc2ccc(C)cc2O)c1Cl. The highest BCUT2D eigenvalue weighted by Gasteiger charge is 2.11. The minimum Gasteiger partial charge on any atom is -0.506 e. The Morgan fingerprint density at radius 3 is 2.83 bits per heavy atom. The van der Waals surface area contributed by atoms with Crippen LogP contribution >= 0.6 is 11.6 Å². The van der Waals surface area contributed by atoms with E-state index in [9.17, 15) is 9.90 Å². The van der Waals surface area contributed by atoms with E-state index in [1.165, 1.54) is 6.08 Å². The molecular weight excluding hydrogens is 326 g/mol. The Kier molecular flexibility index (Phi) is 6.04. The average Bonchev–Trinajstić information content (AvgIpc) is 2.80. The van der Waals surface area contributed by atoms with Crippen LogP contribution in [0.1, 0.15) is 36.6 Å². The Morgan fingerprint density at radius 2 is 2.17 bits per heavy atom. The minimum absolute atomic E-state index is 0.0401. The number of amides is 1. The summed E-state index contributed by atoms with van der Waals surface area (Å²) in [6.45, 7) is 6.59. The number of nitrogens with zero attached hydrogens (tertiary/aromatic N) is 2. The van der Waals surface area contributed by atoms with Gasteiger partial charge in [-0.15, -0.1) is 0 Å². The van der Waals surface area contributed by atoms with E-state index < -0.39 is 0 Å². The van der Waals surface area contributed by atoms with E-state index >= 15 is 0 Å². The van der Waals surface area contributed by atoms with Crippen molar-refractivity contribution in [2.45, 2.75) is 40.2 Å². The first kappa shape index (κ1) is 18.1. The van der Waals surface area contributed by atoms with Gasteiger partial charge in [-0.3, -0.25) is 9.48 Å². The first-order chi connectivity index (χ1) is 11.4. The van der Waals surface area contributed by atoms with Crippen molar-refractivity contribution in [1.82, 2.24) is 9.78 Å². The fourth-order valence-corrected chi connectivity index (χ4v) is 2.62. The summed E-state index contributed by atoms with van der Waals surface area (Å²) in [6.07, 6.45) is 5.09. The zero-order valence-corrected chi connectivity index (χ0v) is 14.9. The van der Waals surface area contributed by atoms with Crippen molar-refractivity contribution in [2.24, 2.45) is 0 Å². The van der Waals surface area contributed by atoms with Crippen LogP contribution in [0.4, 0.5) is 5.69 Å². The molecule has 1 heterocycles. The molecule has 5 nitrogen and oxygen atoms in total. The van der Waals surface area contributed by atoms with Gasteiger partial charge in [-0.2, -0.15) is 5.10 Å². The number of aryl methyl sites for hydroxylation is 3. The van der Waals surface area contributed by atoms with Crippen molar-refractivity contribution in [1.29, 1.82) is 0 Å². The summed E-state index contributed by atoms with van der Waals surface area (Å²) in [5.41, 5.74) is 2.80. The van der Waals surface area contributed by atoms with E-state index in [-0.39, 0.29) is 11.7 Å². The summed E-state index contributed by atoms with van der Waals surface area (Å²) in [7, 11) is 0. The van der Waals surface area contributed by atoms with Gasteiger partial charge < -0.3 is 10.4 Å². The van der Waals surface area contributed by atoms with Crippen LogP contribution in [0.2, 0.25) is 5.15 Å². The van der Waals surface area contributed by atoms with Crippen LogP contribution in [0.15, 0.2) is 24.3 Å². The van der Waals surface area contributed by atoms with Crippen LogP contribution in [0.5, 0.6) is 5.75 Å². The molecule has 0 spiro atoms. The van der Waals surface area contributed by atoms with Gasteiger partial charge in [0.05, 0.1) is 11.4 Å². The van der Waals surface area contributed by atoms with Crippen LogP contribution < -0.4 is 5.32 Å². The zero-order chi connectivity index (χ0) is 17.7. The van der Waals surface area contributed by atoms with E-state index in [4.69, 9.17) is 11.6 Å². The maximum Gasteiger partial charge on any atom is 0.248 e. The molecule has 0 saturated carbocycles. The standard InChI is InChI=1S/C18H22ClN3O2/c1-4-5-10-22-18(19)14(13(3)21-22)7-9-17(24)20-15-8-6-12(2)11-16(15)23/h6-9,11,23H,4-5,10H2,1-3H3,(H,20,24)/b9-7+. The summed E-state index contributed by atoms with van der Waals surface area (Å²) in [6, 6.07) is 5.08. The number of aromatic hydroxyl groups is 1. The lowest BCUT2D eigenvalue weighted by molar-refractivity contribution is -0.111. The summed E-state index contributed by atoms with van der Waals surface area (Å²) >= 11 is 6.33. The molecule has 1 amide bonds. The molecule has 0 bridgehead atoms. The van der Waals surface area contributed by atoms with Crippen molar-refractivity contribution in [3.8, 4) is 5.75 Å². The number of carbonyl (C=O) groups excluding carboxylic acids is 1. The van der Waals surface area contributed by atoms with Crippen LogP contribution in [0.3, 0.4) is 0 Å². The molecule has 24 heavy (non-hydrogen) atoms. The molecule has 0 aliphatic rings. The maximum atomic E-state index is 12.0. The molecule has 0 atom stereocenters. The summed E-state index contributed by atoms with van der Waals surface area (Å²) in [5, 5.41) is 17.4. The van der Waals surface area contributed by atoms with Gasteiger partial charge in [0.2, 0.25) is 5.91 Å². The van der Waals surface area contributed by atoms with Gasteiger partial charge in [0, 0.05) is 18.2 Å². The Hall–Kier alpha value is -2.27. The Balaban J connectivity index is 2.10. The molecule has 128 valence electrons. The Morgan fingerprint density at radius 1 is 1.42 bits per heavy atom. The van der Waals surface area contributed by atoms with Crippen molar-refractivity contribution in [2.75, 3.05) is 5.32 Å². The molecule has 1 aromatic heterocycles. The number of hydrogen-bond donors (Lipinski definition) is 2. The van der Waals surface area contributed by atoms with Gasteiger partial charge in [-0.05, 0) is 44.0 Å². The number of hydrogen-bond acceptors (Lipinski definition) is 3. The molecule has 0 aliphatic carbocycles. The quantitative estimate of drug-likeness (QED) is 0.604. The van der Waals surface area contributed by atoms with E-state index in [1.54, 1.807) is 22.9 Å². The van der Waals surface area contributed by atoms with Crippen molar-refractivity contribution >= 4 is 29.3 Å². The molecule has 2 rings (SSSR count). The van der Waals surface area contributed by atoms with E-state index in [0.717, 1.165) is 36.2 Å². The number of unbranched alkanes of at least 4 members (excludes halogenated alkanes) is 1. The highest BCUT2D eigenvalue weighted by Crippen LogP contribution is 2.24. The van der Waals surface area contributed by atoms with Crippen molar-refractivity contribution < 1.29 is 9.90 Å². The molecule has 0 unspecified atom stereocenters. The van der Waals surface area contributed by atoms with Crippen molar-refractivity contribution in [3.05, 3.63) is 46.2 Å². The molecule has 0 saturated heterocycles. The number of carbonyl (C=O) groups is 1. The van der Waals surface area contributed by atoms with Crippen LogP contribution in [0, 0.1) is 13.8 Å². The number of rotatable bonds is 6. The fraction of sp³-hybridized carbons (Fsp3) is 0.333. The lowest BCUT2D eigenvalue weighted by Gasteiger charge is -2.05. The summed E-state index contributed by atoms with van der Waals surface area (Å²) in [5.74, 6) is -0.302. The molecule has 2 N–H and O–H groups in total. The van der Waals surface area contributed by atoms with Gasteiger partial charge in [0.25, 0.3) is 0 Å². The third-order valence-corrected chi connectivity index (χ3v) is 4.04. The molecule has 0 aliphatic heterocycles. The monoisotopic (exact) mass is 347 g/mol. The second-order valence-corrected chi connectivity index (χ2v) is 6.07. The largest absolute Gasteiger partial charge is 0.506 e. The molecule has 1 aromatic carbocycles. The number of anilines is 1. The summed E-state index contributed by atoms with van der Waals surface area (Å²) < 4.78 is 1.75. The van der Waals surface area contributed by atoms with Crippen LogP contribution in [-0.4, -0.2) is 20.8 Å². The lowest BCUT2D eigenvalue weighted by Crippen LogP contribution is -2.07. The van der Waals surface area contributed by atoms with Gasteiger partial charge in [-0.25, -0.2) is 0 Å². The molecule has 0 radical (unpaired) electrons. The van der Waals surface area contributed by atoms with Gasteiger partial charge in [0.15, 0.2) is 0 Å². The van der Waals surface area contributed by atoms with Gasteiger partial charge in [0.1, 0.15) is 10.9 Å². The first-order valence-electron chi connectivity index (χ1n) is 7.94. The van der Waals surface area contributed by atoms with Crippen LogP contribution in [0.25, 0.3) is 6.08 Å². The first-order valence-corrected chi connectivity index (χ1v) is 8.31. The second kappa shape index (κ2) is 8.02. The van der Waals surface area contributed by atoms with E-state index in [0.29, 0.717) is 10.8 Å². The smallest absolute Gasteiger partial charge is 0.248 e. The van der Waals surface area contributed by atoms with Gasteiger partial charge in [-0.1, -0.05) is 31.0 Å². The number of halogens is 1. The minimum atomic E-state index is -0.342. The number of nitrogens with one attached hydrogen (secondary N) is 1. The average molecular weight is 348 g/mol. The molecule has 2 aromatic rings. The maximum absolute atomic E-state index is 12.0. The van der Waals surface area contributed by atoms with Crippen LogP contribution in [-0.2, 0) is 11.3 Å². The van der Waals surface area contributed by atoms with E-state index in [1.807, 2.05) is 19.9 Å². The van der Waals surface area contributed by atoms with E-state index in [2.05, 4.69) is 17.3 Å². The number of aromatic nitrogens is 2. The lowest BCUT2D eigenvalue weighted by atomic mass is 10.2. The third-order valence-electron chi connectivity index (χ3n) is 3.65. The van der Waals surface area contributed by atoms with Crippen molar-refractivity contribution in [3.63, 3.8) is 0 Å². The third kappa shape index (κ3) is 4.38. The van der Waals surface area contributed by atoms with Gasteiger partial charge >= 0.3 is 0 Å². The highest BCUT2D eigenvalue weighted by molar-refractivity contribution is 6.31. The second-order valence-electron chi connectivity index (χ2n) is 5.71. The zero-order valence-electron chi connectivity index (χ0n) is 14.1. The Bertz CT molecular complexity index is 766. The fourth-order valence-electron chi connectivity index (χ4n) is 2.29.